The van der Waals surface area contributed by atoms with Crippen LogP contribution in [0.5, 0.6) is 0 Å². The van der Waals surface area contributed by atoms with Crippen LogP contribution in [0.25, 0.3) is 10.8 Å². The molecule has 2 amide bonds. The van der Waals surface area contributed by atoms with Crippen molar-refractivity contribution in [3.63, 3.8) is 0 Å². The molecule has 6 heteroatoms. The zero-order valence-corrected chi connectivity index (χ0v) is 20.5. The van der Waals surface area contributed by atoms with Crippen LogP contribution in [0.15, 0.2) is 126 Å². The summed E-state index contributed by atoms with van der Waals surface area (Å²) in [5, 5.41) is 7.57. The summed E-state index contributed by atoms with van der Waals surface area (Å²) in [4.78, 5) is 26.7. The van der Waals surface area contributed by atoms with Gasteiger partial charge in [-0.2, -0.15) is 0 Å². The van der Waals surface area contributed by atoms with Crippen molar-refractivity contribution in [2.24, 2.45) is 0 Å². The fraction of sp³-hybridized carbons (Fsp3) is 0.0323. The molecule has 1 unspecified atom stereocenters. The van der Waals surface area contributed by atoms with Gasteiger partial charge in [-0.15, -0.1) is 11.8 Å². The highest BCUT2D eigenvalue weighted by Gasteiger charge is 2.22. The fourth-order valence-corrected chi connectivity index (χ4v) is 4.96. The van der Waals surface area contributed by atoms with Crippen molar-refractivity contribution < 1.29 is 14.0 Å². The SMILES string of the molecule is O=C(Nc1ccc(SC(C(=O)Nc2ccc3ccccc3c2)c2ccccc2)cc1)c1ccc(F)cc1. The second kappa shape index (κ2) is 11.1. The normalized spacial score (nSPS) is 11.6. The zero-order chi connectivity index (χ0) is 25.6. The number of hydrogen-bond acceptors (Lipinski definition) is 3. The largest absolute Gasteiger partial charge is 0.325 e. The first-order chi connectivity index (χ1) is 18.0. The number of rotatable bonds is 7. The topological polar surface area (TPSA) is 58.2 Å². The van der Waals surface area contributed by atoms with E-state index >= 15 is 0 Å². The van der Waals surface area contributed by atoms with E-state index in [1.54, 1.807) is 12.1 Å². The maximum atomic E-state index is 13.4. The third-order valence-electron chi connectivity index (χ3n) is 5.83. The minimum Gasteiger partial charge on any atom is -0.325 e. The Balaban J connectivity index is 1.31. The maximum absolute atomic E-state index is 13.4. The maximum Gasteiger partial charge on any atom is 0.255 e. The van der Waals surface area contributed by atoms with Gasteiger partial charge in [0.05, 0.1) is 0 Å². The van der Waals surface area contributed by atoms with E-state index in [-0.39, 0.29) is 11.8 Å². The summed E-state index contributed by atoms with van der Waals surface area (Å²) in [6.07, 6.45) is 0. The Morgan fingerprint density at radius 2 is 1.30 bits per heavy atom. The van der Waals surface area contributed by atoms with Crippen LogP contribution in [0.3, 0.4) is 0 Å². The Bertz CT molecular complexity index is 1540. The summed E-state index contributed by atoms with van der Waals surface area (Å²) in [7, 11) is 0. The summed E-state index contributed by atoms with van der Waals surface area (Å²) in [5.74, 6) is -0.840. The summed E-state index contributed by atoms with van der Waals surface area (Å²) in [6.45, 7) is 0. The third kappa shape index (κ3) is 6.05. The molecule has 0 bridgehead atoms. The van der Waals surface area contributed by atoms with Gasteiger partial charge in [0.2, 0.25) is 5.91 Å². The highest BCUT2D eigenvalue weighted by molar-refractivity contribution is 8.00. The van der Waals surface area contributed by atoms with Gasteiger partial charge >= 0.3 is 0 Å². The molecule has 5 aromatic rings. The van der Waals surface area contributed by atoms with Crippen LogP contribution >= 0.6 is 11.8 Å². The molecule has 0 aliphatic carbocycles. The molecule has 0 radical (unpaired) electrons. The molecular weight excluding hydrogens is 483 g/mol. The molecule has 1 atom stereocenters. The van der Waals surface area contributed by atoms with E-state index < -0.39 is 11.1 Å². The van der Waals surface area contributed by atoms with Gasteiger partial charge in [-0.05, 0) is 77.0 Å². The van der Waals surface area contributed by atoms with Crippen LogP contribution in [0.1, 0.15) is 21.2 Å². The second-order valence-corrected chi connectivity index (χ2v) is 9.62. The summed E-state index contributed by atoms with van der Waals surface area (Å²) < 4.78 is 13.1. The van der Waals surface area contributed by atoms with E-state index in [9.17, 15) is 14.0 Å². The van der Waals surface area contributed by atoms with Gasteiger partial charge in [-0.3, -0.25) is 9.59 Å². The predicted molar refractivity (Wildman–Crippen MR) is 148 cm³/mol. The first-order valence-electron chi connectivity index (χ1n) is 11.7. The van der Waals surface area contributed by atoms with Gasteiger partial charge in [0.25, 0.3) is 5.91 Å². The van der Waals surface area contributed by atoms with Crippen molar-refractivity contribution in [2.75, 3.05) is 10.6 Å². The number of hydrogen-bond donors (Lipinski definition) is 2. The Morgan fingerprint density at radius 1 is 0.649 bits per heavy atom. The number of carbonyl (C=O) groups excluding carboxylic acids is 2. The Hall–Kier alpha value is -4.42. The molecule has 0 aliphatic heterocycles. The molecule has 2 N–H and O–H groups in total. The van der Waals surface area contributed by atoms with E-state index in [1.165, 1.54) is 36.0 Å². The lowest BCUT2D eigenvalue weighted by atomic mass is 10.1. The van der Waals surface area contributed by atoms with E-state index in [4.69, 9.17) is 0 Å². The number of amides is 2. The van der Waals surface area contributed by atoms with Crippen LogP contribution in [0.2, 0.25) is 0 Å². The lowest BCUT2D eigenvalue weighted by Crippen LogP contribution is -2.19. The van der Waals surface area contributed by atoms with Crippen LogP contribution in [0.4, 0.5) is 15.8 Å². The molecule has 0 aromatic heterocycles. The molecule has 5 aromatic carbocycles. The van der Waals surface area contributed by atoms with Crippen molar-refractivity contribution in [1.82, 2.24) is 0 Å². The van der Waals surface area contributed by atoms with Crippen LogP contribution in [-0.2, 0) is 4.79 Å². The minimum atomic E-state index is -0.479. The van der Waals surface area contributed by atoms with Crippen LogP contribution in [-0.4, -0.2) is 11.8 Å². The Morgan fingerprint density at radius 3 is 2.03 bits per heavy atom. The third-order valence-corrected chi connectivity index (χ3v) is 7.10. The molecule has 4 nitrogen and oxygen atoms in total. The molecule has 37 heavy (non-hydrogen) atoms. The highest BCUT2D eigenvalue weighted by atomic mass is 32.2. The summed E-state index contributed by atoms with van der Waals surface area (Å²) in [5.41, 5.74) is 2.61. The molecular formula is C31H23FN2O2S. The molecule has 0 heterocycles. The highest BCUT2D eigenvalue weighted by Crippen LogP contribution is 2.37. The number of fused-ring (bicyclic) bond motifs is 1. The van der Waals surface area contributed by atoms with Crippen LogP contribution < -0.4 is 10.6 Å². The van der Waals surface area contributed by atoms with Gasteiger partial charge in [-0.1, -0.05) is 60.7 Å². The lowest BCUT2D eigenvalue weighted by Gasteiger charge is -2.18. The Kier molecular flexibility index (Phi) is 7.28. The van der Waals surface area contributed by atoms with Gasteiger partial charge in [0, 0.05) is 21.8 Å². The first kappa shape index (κ1) is 24.3. The monoisotopic (exact) mass is 506 g/mol. The number of nitrogens with one attached hydrogen (secondary N) is 2. The van der Waals surface area contributed by atoms with Gasteiger partial charge in [0.1, 0.15) is 11.1 Å². The molecule has 0 saturated carbocycles. The number of carbonyl (C=O) groups is 2. The minimum absolute atomic E-state index is 0.125. The smallest absolute Gasteiger partial charge is 0.255 e. The average Bonchev–Trinajstić information content (AvgIpc) is 2.93. The second-order valence-electron chi connectivity index (χ2n) is 8.45. The molecule has 0 saturated heterocycles. The van der Waals surface area contributed by atoms with Crippen LogP contribution in [0, 0.1) is 5.82 Å². The Labute approximate surface area is 218 Å². The molecule has 182 valence electrons. The lowest BCUT2D eigenvalue weighted by molar-refractivity contribution is -0.115. The van der Waals surface area contributed by atoms with Crippen molar-refractivity contribution in [3.05, 3.63) is 138 Å². The average molecular weight is 507 g/mol. The molecule has 0 spiro atoms. The predicted octanol–water partition coefficient (Wildman–Crippen LogP) is 7.70. The molecule has 0 aliphatic rings. The van der Waals surface area contributed by atoms with Crippen molar-refractivity contribution in [3.8, 4) is 0 Å². The van der Waals surface area contributed by atoms with E-state index in [0.29, 0.717) is 11.3 Å². The van der Waals surface area contributed by atoms with Crippen molar-refractivity contribution >= 4 is 45.7 Å². The quantitative estimate of drug-likeness (QED) is 0.222. The van der Waals surface area contributed by atoms with Gasteiger partial charge in [0.15, 0.2) is 0 Å². The van der Waals surface area contributed by atoms with E-state index in [2.05, 4.69) is 10.6 Å². The van der Waals surface area contributed by atoms with Crippen molar-refractivity contribution in [1.29, 1.82) is 0 Å². The van der Waals surface area contributed by atoms with E-state index in [1.807, 2.05) is 84.9 Å². The van der Waals surface area contributed by atoms with Gasteiger partial charge < -0.3 is 10.6 Å². The molecule has 5 rings (SSSR count). The first-order valence-corrected chi connectivity index (χ1v) is 12.6. The molecule has 0 fully saturated rings. The number of anilines is 2. The van der Waals surface area contributed by atoms with Gasteiger partial charge in [-0.25, -0.2) is 4.39 Å². The number of halogens is 1. The number of thioether (sulfide) groups is 1. The summed E-state index contributed by atoms with van der Waals surface area (Å²) >= 11 is 1.43. The van der Waals surface area contributed by atoms with Crippen molar-refractivity contribution in [2.45, 2.75) is 10.1 Å². The fourth-order valence-electron chi connectivity index (χ4n) is 3.93. The number of benzene rings is 5. The zero-order valence-electron chi connectivity index (χ0n) is 19.7. The van der Waals surface area contributed by atoms with E-state index in [0.717, 1.165) is 26.9 Å². The summed E-state index contributed by atoms with van der Waals surface area (Å²) in [6, 6.07) is 36.2. The standard InChI is InChI=1S/C31H23FN2O2S/c32-25-13-10-23(11-14-25)30(35)33-26-16-18-28(19-17-26)37-29(22-7-2-1-3-8-22)31(36)34-27-15-12-21-6-4-5-9-24(21)20-27/h1-20,29H,(H,33,35)(H,34,36).